The number of allylic oxidation sites excluding steroid dienone is 8. The Hall–Kier alpha value is -2.14. The maximum absolute atomic E-state index is 10.3. The summed E-state index contributed by atoms with van der Waals surface area (Å²) in [5, 5.41) is 16.4. The molecule has 0 aromatic rings. The van der Waals surface area contributed by atoms with Gasteiger partial charge in [0.15, 0.2) is 0 Å². The number of carbonyl (C=O) groups is 2. The Bertz CT molecular complexity index is 491. The van der Waals surface area contributed by atoms with Gasteiger partial charge in [0.2, 0.25) is 0 Å². The van der Waals surface area contributed by atoms with Gasteiger partial charge in [0.05, 0.1) is 0 Å². The quantitative estimate of drug-likeness (QED) is 0.247. The minimum atomic E-state index is -0.963. The third-order valence-corrected chi connectivity index (χ3v) is 3.61. The minimum Gasteiger partial charge on any atom is -0.481 e. The first kappa shape index (κ1) is 28.1. The Kier molecular flexibility index (Phi) is 23.0. The van der Waals surface area contributed by atoms with Crippen LogP contribution in [0.5, 0.6) is 0 Å². The Morgan fingerprint density at radius 2 is 1.18 bits per heavy atom. The van der Waals surface area contributed by atoms with Gasteiger partial charge in [-0.25, -0.2) is 0 Å². The molecular formula is C23H39NO4. The van der Waals surface area contributed by atoms with E-state index in [0.29, 0.717) is 0 Å². The summed E-state index contributed by atoms with van der Waals surface area (Å²) >= 11 is 0. The van der Waals surface area contributed by atoms with Crippen molar-refractivity contribution in [2.75, 3.05) is 0 Å². The topological polar surface area (TPSA) is 101 Å². The smallest absolute Gasteiger partial charge is 0.320 e. The number of carboxylic acid groups (broad SMARTS) is 2. The van der Waals surface area contributed by atoms with Crippen LogP contribution < -0.4 is 5.73 Å². The van der Waals surface area contributed by atoms with Gasteiger partial charge in [-0.15, -0.1) is 0 Å². The fourth-order valence-corrected chi connectivity index (χ4v) is 1.93. The van der Waals surface area contributed by atoms with Crippen LogP contribution in [0.3, 0.4) is 0 Å². The molecule has 4 N–H and O–H groups in total. The number of nitrogens with two attached hydrogens (primary N) is 1. The van der Waals surface area contributed by atoms with Crippen molar-refractivity contribution in [3.63, 3.8) is 0 Å². The largest absolute Gasteiger partial charge is 0.481 e. The van der Waals surface area contributed by atoms with Crippen LogP contribution >= 0.6 is 0 Å². The van der Waals surface area contributed by atoms with Crippen LogP contribution in [0, 0.1) is 0 Å². The van der Waals surface area contributed by atoms with Gasteiger partial charge >= 0.3 is 11.9 Å². The van der Waals surface area contributed by atoms with E-state index in [1.54, 1.807) is 0 Å². The van der Waals surface area contributed by atoms with E-state index in [-0.39, 0.29) is 6.42 Å². The van der Waals surface area contributed by atoms with Gasteiger partial charge in [-0.3, -0.25) is 9.59 Å². The zero-order chi connectivity index (χ0) is 21.5. The van der Waals surface area contributed by atoms with E-state index >= 15 is 0 Å². The fraction of sp³-hybridized carbons (Fsp3) is 0.565. The van der Waals surface area contributed by atoms with Crippen molar-refractivity contribution >= 4 is 11.9 Å². The van der Waals surface area contributed by atoms with E-state index in [1.807, 2.05) is 0 Å². The lowest BCUT2D eigenvalue weighted by Gasteiger charge is -1.90. The molecule has 1 atom stereocenters. The van der Waals surface area contributed by atoms with Crippen LogP contribution in [0.15, 0.2) is 48.6 Å². The second kappa shape index (κ2) is 22.9. The van der Waals surface area contributed by atoms with Crippen molar-refractivity contribution in [3.8, 4) is 0 Å². The number of hydrogen-bond acceptors (Lipinski definition) is 3. The fourth-order valence-electron chi connectivity index (χ4n) is 1.93. The minimum absolute atomic E-state index is 0.262. The first-order valence-electron chi connectivity index (χ1n) is 10.2. The molecule has 0 aromatic heterocycles. The molecule has 5 heteroatoms. The molecule has 0 rings (SSSR count). The summed E-state index contributed by atoms with van der Waals surface area (Å²) in [5.74, 6) is -1.68. The third kappa shape index (κ3) is 28.7. The summed E-state index contributed by atoms with van der Waals surface area (Å²) in [6.07, 6.45) is 27.3. The molecule has 0 fully saturated rings. The average Bonchev–Trinajstić information content (AvgIpc) is 2.64. The van der Waals surface area contributed by atoms with E-state index in [0.717, 1.165) is 32.1 Å². The number of aliphatic carboxylic acids is 2. The third-order valence-electron chi connectivity index (χ3n) is 3.61. The Morgan fingerprint density at radius 1 is 0.786 bits per heavy atom. The van der Waals surface area contributed by atoms with E-state index in [1.165, 1.54) is 32.6 Å². The molecule has 0 aromatic carbocycles. The molecule has 0 bridgehead atoms. The highest BCUT2D eigenvalue weighted by Gasteiger charge is 1.99. The Balaban J connectivity index is 0. The van der Waals surface area contributed by atoms with Gasteiger partial charge in [0.25, 0.3) is 0 Å². The molecule has 28 heavy (non-hydrogen) atoms. The van der Waals surface area contributed by atoms with Gasteiger partial charge in [0.1, 0.15) is 6.04 Å². The maximum atomic E-state index is 10.3. The second-order valence-corrected chi connectivity index (χ2v) is 6.50. The van der Waals surface area contributed by atoms with Gasteiger partial charge in [0, 0.05) is 6.42 Å². The monoisotopic (exact) mass is 393 g/mol. The lowest BCUT2D eigenvalue weighted by atomic mass is 10.2. The second-order valence-electron chi connectivity index (χ2n) is 6.50. The Labute approximate surface area is 170 Å². The van der Waals surface area contributed by atoms with Crippen molar-refractivity contribution < 1.29 is 19.8 Å². The van der Waals surface area contributed by atoms with Crippen LogP contribution in [0.4, 0.5) is 0 Å². The summed E-state index contributed by atoms with van der Waals surface area (Å²) < 4.78 is 0. The molecule has 0 amide bonds. The number of rotatable bonds is 15. The van der Waals surface area contributed by atoms with Crippen LogP contribution in [-0.4, -0.2) is 28.2 Å². The molecule has 5 nitrogen and oxygen atoms in total. The molecule has 0 saturated heterocycles. The molecule has 0 saturated carbocycles. The molecule has 0 aliphatic rings. The summed E-state index contributed by atoms with van der Waals surface area (Å²) in [7, 11) is 0. The van der Waals surface area contributed by atoms with Crippen LogP contribution in [0.2, 0.25) is 0 Å². The first-order chi connectivity index (χ1) is 13.4. The van der Waals surface area contributed by atoms with Gasteiger partial charge in [-0.05, 0) is 51.9 Å². The van der Waals surface area contributed by atoms with Crippen LogP contribution in [0.25, 0.3) is 0 Å². The summed E-state index contributed by atoms with van der Waals surface area (Å²) in [6, 6.07) is -0.731. The molecule has 0 unspecified atom stereocenters. The molecule has 0 radical (unpaired) electrons. The molecule has 0 aliphatic heterocycles. The molecular weight excluding hydrogens is 354 g/mol. The molecule has 160 valence electrons. The van der Waals surface area contributed by atoms with Gasteiger partial charge in [-0.1, -0.05) is 68.4 Å². The summed E-state index contributed by atoms with van der Waals surface area (Å²) in [5.41, 5.74) is 4.84. The van der Waals surface area contributed by atoms with Crippen LogP contribution in [0.1, 0.15) is 78.1 Å². The number of hydrogen-bond donors (Lipinski definition) is 3. The summed E-state index contributed by atoms with van der Waals surface area (Å²) in [6.45, 7) is 3.65. The average molecular weight is 394 g/mol. The molecule has 0 heterocycles. The predicted molar refractivity (Wildman–Crippen MR) is 117 cm³/mol. The van der Waals surface area contributed by atoms with Crippen molar-refractivity contribution in [3.05, 3.63) is 48.6 Å². The highest BCUT2D eigenvalue weighted by atomic mass is 16.4. The first-order valence-corrected chi connectivity index (χ1v) is 10.2. The SMILES string of the molecule is CCCCCC=CCC=CCC=CCC=CCCCC(=O)O.C[C@H](N)C(=O)O. The predicted octanol–water partition coefficient (Wildman–Crippen LogP) is 5.63. The van der Waals surface area contributed by atoms with E-state index < -0.39 is 18.0 Å². The van der Waals surface area contributed by atoms with E-state index in [4.69, 9.17) is 15.9 Å². The maximum Gasteiger partial charge on any atom is 0.320 e. The summed E-state index contributed by atoms with van der Waals surface area (Å²) in [4.78, 5) is 19.9. The Morgan fingerprint density at radius 3 is 1.54 bits per heavy atom. The van der Waals surface area contributed by atoms with Gasteiger partial charge < -0.3 is 15.9 Å². The highest BCUT2D eigenvalue weighted by molar-refractivity contribution is 5.72. The van der Waals surface area contributed by atoms with Crippen molar-refractivity contribution in [2.24, 2.45) is 5.73 Å². The highest BCUT2D eigenvalue weighted by Crippen LogP contribution is 2.01. The van der Waals surface area contributed by atoms with Crippen molar-refractivity contribution in [1.82, 2.24) is 0 Å². The zero-order valence-electron chi connectivity index (χ0n) is 17.6. The lowest BCUT2D eigenvalue weighted by Crippen LogP contribution is -2.25. The van der Waals surface area contributed by atoms with Gasteiger partial charge in [-0.2, -0.15) is 0 Å². The van der Waals surface area contributed by atoms with E-state index in [9.17, 15) is 9.59 Å². The normalized spacial score (nSPS) is 12.7. The molecule has 0 spiro atoms. The number of unbranched alkanes of at least 4 members (excludes halogenated alkanes) is 4. The van der Waals surface area contributed by atoms with E-state index in [2.05, 4.69) is 55.5 Å². The van der Waals surface area contributed by atoms with Crippen LogP contribution in [-0.2, 0) is 9.59 Å². The number of carboxylic acids is 2. The molecule has 0 aliphatic carbocycles. The lowest BCUT2D eigenvalue weighted by molar-refractivity contribution is -0.138. The van der Waals surface area contributed by atoms with Crippen molar-refractivity contribution in [1.29, 1.82) is 0 Å². The standard InChI is InChI=1S/C20H32O2.C3H7NO2/c1-2-3-4-5-6-7-8-9-10-11-12-13-14-15-16-17-18-19-20(21)22;1-2(4)3(5)6/h6-7,9-10,12-13,15-16H,2-5,8,11,14,17-19H2,1H3,(H,21,22);2H,4H2,1H3,(H,5,6)/t;2-/m.0/s1. The van der Waals surface area contributed by atoms with Crippen molar-refractivity contribution in [2.45, 2.75) is 84.1 Å². The zero-order valence-corrected chi connectivity index (χ0v) is 17.6.